The van der Waals surface area contributed by atoms with E-state index in [9.17, 15) is 18.4 Å². The topological polar surface area (TPSA) is 68.5 Å². The Balaban J connectivity index is 1.88. The van der Waals surface area contributed by atoms with Crippen LogP contribution < -0.4 is 5.32 Å². The summed E-state index contributed by atoms with van der Waals surface area (Å²) in [6.07, 6.45) is 2.45. The molecule has 0 aliphatic rings. The van der Waals surface area contributed by atoms with Crippen LogP contribution in [0.1, 0.15) is 10.4 Å². The highest BCUT2D eigenvalue weighted by Gasteiger charge is 2.12. The summed E-state index contributed by atoms with van der Waals surface area (Å²) in [4.78, 5) is 22.8. The van der Waals surface area contributed by atoms with E-state index in [1.807, 2.05) is 0 Å². The van der Waals surface area contributed by atoms with E-state index >= 15 is 0 Å². The standard InChI is InChI=1S/C13H9F2NO4/c14-9-3-10(15)5-11(4-9)16-12(17)7-20-13(18)8-1-2-19-6-8/h1-6H,7H2,(H,16,17). The maximum absolute atomic E-state index is 12.9. The molecule has 0 aliphatic heterocycles. The first-order valence-corrected chi connectivity index (χ1v) is 5.50. The first-order chi connectivity index (χ1) is 9.54. The SMILES string of the molecule is O=C(COC(=O)c1ccoc1)Nc1cc(F)cc(F)c1. The number of benzene rings is 1. The zero-order chi connectivity index (χ0) is 14.5. The fourth-order valence-corrected chi connectivity index (χ4v) is 1.42. The minimum Gasteiger partial charge on any atom is -0.472 e. The number of amides is 1. The van der Waals surface area contributed by atoms with Gasteiger partial charge in [0.1, 0.15) is 17.9 Å². The Bertz CT molecular complexity index is 605. The van der Waals surface area contributed by atoms with Crippen molar-refractivity contribution >= 4 is 17.6 Å². The van der Waals surface area contributed by atoms with Gasteiger partial charge in [-0.2, -0.15) is 0 Å². The summed E-state index contributed by atoms with van der Waals surface area (Å²) in [5.74, 6) is -3.10. The Kier molecular flexibility index (Phi) is 4.09. The molecule has 1 amide bonds. The monoisotopic (exact) mass is 281 g/mol. The number of halogens is 2. The first kappa shape index (κ1) is 13.7. The summed E-state index contributed by atoms with van der Waals surface area (Å²) in [6.45, 7) is -0.581. The molecule has 2 rings (SSSR count). The van der Waals surface area contributed by atoms with E-state index in [0.29, 0.717) is 6.07 Å². The molecule has 0 spiro atoms. The molecule has 0 saturated carbocycles. The molecular formula is C13H9F2NO4. The van der Waals surface area contributed by atoms with Gasteiger partial charge in [-0.15, -0.1) is 0 Å². The van der Waals surface area contributed by atoms with Crippen molar-refractivity contribution in [2.24, 2.45) is 0 Å². The second-order valence-electron chi connectivity index (χ2n) is 3.79. The largest absolute Gasteiger partial charge is 0.472 e. The summed E-state index contributed by atoms with van der Waals surface area (Å²) < 4.78 is 35.1. The van der Waals surface area contributed by atoms with E-state index < -0.39 is 30.1 Å². The van der Waals surface area contributed by atoms with E-state index in [1.54, 1.807) is 0 Å². The summed E-state index contributed by atoms with van der Waals surface area (Å²) in [5.41, 5.74) is 0.0986. The van der Waals surface area contributed by atoms with Crippen molar-refractivity contribution in [3.8, 4) is 0 Å². The minimum atomic E-state index is -0.823. The van der Waals surface area contributed by atoms with Gasteiger partial charge in [-0.1, -0.05) is 0 Å². The molecule has 0 radical (unpaired) electrons. The van der Waals surface area contributed by atoms with Crippen molar-refractivity contribution in [1.82, 2.24) is 0 Å². The van der Waals surface area contributed by atoms with Crippen LogP contribution in [0.15, 0.2) is 41.2 Å². The molecule has 1 aromatic carbocycles. The van der Waals surface area contributed by atoms with Crippen molar-refractivity contribution in [3.05, 3.63) is 54.0 Å². The number of carbonyl (C=O) groups is 2. The molecule has 0 saturated heterocycles. The predicted molar refractivity (Wildman–Crippen MR) is 64.0 cm³/mol. The molecule has 0 unspecified atom stereocenters. The highest BCUT2D eigenvalue weighted by molar-refractivity contribution is 5.95. The molecule has 104 valence electrons. The number of esters is 1. The van der Waals surface area contributed by atoms with Gasteiger partial charge >= 0.3 is 5.97 Å². The number of rotatable bonds is 4. The Morgan fingerprint density at radius 3 is 2.50 bits per heavy atom. The average molecular weight is 281 g/mol. The Morgan fingerprint density at radius 2 is 1.90 bits per heavy atom. The lowest BCUT2D eigenvalue weighted by molar-refractivity contribution is -0.119. The lowest BCUT2D eigenvalue weighted by atomic mass is 10.3. The van der Waals surface area contributed by atoms with E-state index in [2.05, 4.69) is 14.5 Å². The summed E-state index contributed by atoms with van der Waals surface area (Å²) in [5, 5.41) is 2.20. The zero-order valence-corrected chi connectivity index (χ0v) is 10.1. The molecule has 1 aromatic heterocycles. The van der Waals surface area contributed by atoms with Crippen LogP contribution in [0.2, 0.25) is 0 Å². The number of furan rings is 1. The average Bonchev–Trinajstić information content (AvgIpc) is 2.88. The quantitative estimate of drug-likeness (QED) is 0.873. The Labute approximate surface area is 112 Å². The second-order valence-corrected chi connectivity index (χ2v) is 3.79. The van der Waals surface area contributed by atoms with Gasteiger partial charge in [0.05, 0.1) is 11.8 Å². The number of nitrogens with one attached hydrogen (secondary N) is 1. The molecule has 5 nitrogen and oxygen atoms in total. The van der Waals surface area contributed by atoms with Crippen LogP contribution >= 0.6 is 0 Å². The molecule has 0 fully saturated rings. The van der Waals surface area contributed by atoms with Gasteiger partial charge in [-0.05, 0) is 18.2 Å². The fourth-order valence-electron chi connectivity index (χ4n) is 1.42. The number of ether oxygens (including phenoxy) is 1. The maximum Gasteiger partial charge on any atom is 0.341 e. The van der Waals surface area contributed by atoms with Crippen molar-refractivity contribution in [2.45, 2.75) is 0 Å². The van der Waals surface area contributed by atoms with E-state index in [-0.39, 0.29) is 11.3 Å². The smallest absolute Gasteiger partial charge is 0.341 e. The predicted octanol–water partition coefficient (Wildman–Crippen LogP) is 2.35. The lowest BCUT2D eigenvalue weighted by Crippen LogP contribution is -2.20. The first-order valence-electron chi connectivity index (χ1n) is 5.50. The third-order valence-electron chi connectivity index (χ3n) is 2.24. The van der Waals surface area contributed by atoms with E-state index in [0.717, 1.165) is 12.1 Å². The highest BCUT2D eigenvalue weighted by Crippen LogP contribution is 2.12. The molecule has 0 atom stereocenters. The van der Waals surface area contributed by atoms with Crippen LogP contribution in [0.4, 0.5) is 14.5 Å². The molecule has 0 aliphatic carbocycles. The lowest BCUT2D eigenvalue weighted by Gasteiger charge is -2.06. The Hall–Kier alpha value is -2.70. The number of carbonyl (C=O) groups excluding carboxylic acids is 2. The van der Waals surface area contributed by atoms with Crippen molar-refractivity contribution in [1.29, 1.82) is 0 Å². The number of hydrogen-bond donors (Lipinski definition) is 1. The second kappa shape index (κ2) is 5.96. The number of anilines is 1. The van der Waals surface area contributed by atoms with Crippen molar-refractivity contribution in [3.63, 3.8) is 0 Å². The molecule has 7 heteroatoms. The zero-order valence-electron chi connectivity index (χ0n) is 10.1. The van der Waals surface area contributed by atoms with Gasteiger partial charge in [-0.25, -0.2) is 13.6 Å². The van der Waals surface area contributed by atoms with Crippen molar-refractivity contribution in [2.75, 3.05) is 11.9 Å². The van der Waals surface area contributed by atoms with Gasteiger partial charge in [0.25, 0.3) is 5.91 Å². The van der Waals surface area contributed by atoms with Crippen molar-refractivity contribution < 1.29 is 27.5 Å². The highest BCUT2D eigenvalue weighted by atomic mass is 19.1. The summed E-state index contributed by atoms with van der Waals surface area (Å²) >= 11 is 0. The molecular weight excluding hydrogens is 272 g/mol. The summed E-state index contributed by atoms with van der Waals surface area (Å²) in [6, 6.07) is 3.94. The molecule has 2 aromatic rings. The van der Waals surface area contributed by atoms with Crippen LogP contribution in [0, 0.1) is 11.6 Å². The molecule has 20 heavy (non-hydrogen) atoms. The maximum atomic E-state index is 12.9. The van der Waals surface area contributed by atoms with Gasteiger partial charge < -0.3 is 14.5 Å². The summed E-state index contributed by atoms with van der Waals surface area (Å²) in [7, 11) is 0. The van der Waals surface area contributed by atoms with Crippen LogP contribution in [-0.2, 0) is 9.53 Å². The van der Waals surface area contributed by atoms with Crippen LogP contribution in [0.25, 0.3) is 0 Å². The van der Waals surface area contributed by atoms with Crippen LogP contribution in [0.5, 0.6) is 0 Å². The third-order valence-corrected chi connectivity index (χ3v) is 2.24. The van der Waals surface area contributed by atoms with Gasteiger partial charge in [-0.3, -0.25) is 4.79 Å². The van der Waals surface area contributed by atoms with Crippen LogP contribution in [-0.4, -0.2) is 18.5 Å². The minimum absolute atomic E-state index is 0.0631. The molecule has 0 bridgehead atoms. The van der Waals surface area contributed by atoms with Gasteiger partial charge in [0.15, 0.2) is 6.61 Å². The normalized spacial score (nSPS) is 10.1. The third kappa shape index (κ3) is 3.64. The molecule has 1 N–H and O–H groups in total. The van der Waals surface area contributed by atoms with Gasteiger partial charge in [0.2, 0.25) is 0 Å². The Morgan fingerprint density at radius 1 is 1.20 bits per heavy atom. The van der Waals surface area contributed by atoms with Gasteiger partial charge in [0, 0.05) is 11.8 Å². The van der Waals surface area contributed by atoms with Crippen LogP contribution in [0.3, 0.4) is 0 Å². The van der Waals surface area contributed by atoms with E-state index in [4.69, 9.17) is 0 Å². The molecule has 1 heterocycles. The number of hydrogen-bond acceptors (Lipinski definition) is 4. The fraction of sp³-hybridized carbons (Fsp3) is 0.0769. The van der Waals surface area contributed by atoms with E-state index in [1.165, 1.54) is 18.6 Å².